The summed E-state index contributed by atoms with van der Waals surface area (Å²) in [5.74, 6) is 0.119. The maximum Gasteiger partial charge on any atom is 0.243 e. The van der Waals surface area contributed by atoms with Crippen LogP contribution >= 0.6 is 11.3 Å². The van der Waals surface area contributed by atoms with Gasteiger partial charge in [-0.25, -0.2) is 8.42 Å². The van der Waals surface area contributed by atoms with Gasteiger partial charge in [-0.1, -0.05) is 24.3 Å². The van der Waals surface area contributed by atoms with Crippen molar-refractivity contribution >= 4 is 27.3 Å². The first-order valence-electron chi connectivity index (χ1n) is 8.43. The van der Waals surface area contributed by atoms with E-state index in [2.05, 4.69) is 6.07 Å². The number of nitrogens with zero attached hydrogens (tertiary/aromatic N) is 2. The van der Waals surface area contributed by atoms with Gasteiger partial charge in [-0.3, -0.25) is 4.79 Å². The molecule has 1 aromatic heterocycles. The number of amides is 1. The number of hydrogen-bond acceptors (Lipinski definition) is 4. The summed E-state index contributed by atoms with van der Waals surface area (Å²) < 4.78 is 26.7. The highest BCUT2D eigenvalue weighted by Gasteiger charge is 2.29. The first-order valence-corrected chi connectivity index (χ1v) is 10.7. The van der Waals surface area contributed by atoms with Crippen molar-refractivity contribution in [1.29, 1.82) is 0 Å². The van der Waals surface area contributed by atoms with Gasteiger partial charge in [0.15, 0.2) is 0 Å². The van der Waals surface area contributed by atoms with Gasteiger partial charge in [-0.2, -0.15) is 4.31 Å². The van der Waals surface area contributed by atoms with Gasteiger partial charge in [0.25, 0.3) is 0 Å². The van der Waals surface area contributed by atoms with Crippen molar-refractivity contribution in [1.82, 2.24) is 9.21 Å². The fraction of sp³-hybridized carbons (Fsp3) is 0.389. The van der Waals surface area contributed by atoms with Crippen molar-refractivity contribution in [3.63, 3.8) is 0 Å². The molecule has 5 nitrogen and oxygen atoms in total. The molecule has 1 saturated heterocycles. The van der Waals surface area contributed by atoms with Crippen LogP contribution in [0.15, 0.2) is 52.7 Å². The summed E-state index contributed by atoms with van der Waals surface area (Å²) in [6.45, 7) is 1.63. The van der Waals surface area contributed by atoms with E-state index in [-0.39, 0.29) is 5.91 Å². The third-order valence-corrected chi connectivity index (χ3v) is 7.22. The van der Waals surface area contributed by atoms with Crippen LogP contribution in [-0.2, 0) is 21.2 Å². The second-order valence-electron chi connectivity index (χ2n) is 6.03. The van der Waals surface area contributed by atoms with E-state index < -0.39 is 10.0 Å². The van der Waals surface area contributed by atoms with Crippen LogP contribution in [0.25, 0.3) is 0 Å². The minimum absolute atomic E-state index is 0.119. The van der Waals surface area contributed by atoms with Crippen LogP contribution in [0.5, 0.6) is 0 Å². The third kappa shape index (κ3) is 4.48. The van der Waals surface area contributed by atoms with Crippen molar-refractivity contribution in [2.24, 2.45) is 0 Å². The lowest BCUT2D eigenvalue weighted by atomic mass is 10.2. The van der Waals surface area contributed by atoms with Gasteiger partial charge < -0.3 is 4.90 Å². The average Bonchev–Trinajstić information content (AvgIpc) is 3.16. The molecule has 1 amide bonds. The van der Waals surface area contributed by atoms with Crippen LogP contribution in [0, 0.1) is 0 Å². The number of aryl methyl sites for hydroxylation is 1. The second kappa shape index (κ2) is 8.12. The number of benzene rings is 1. The maximum absolute atomic E-state index is 12.6. The zero-order valence-electron chi connectivity index (χ0n) is 14.0. The number of piperazine rings is 1. The van der Waals surface area contributed by atoms with Gasteiger partial charge in [0.1, 0.15) is 0 Å². The minimum Gasteiger partial charge on any atom is -0.340 e. The Kier molecular flexibility index (Phi) is 5.88. The molecule has 7 heteroatoms. The molecule has 0 atom stereocenters. The first kappa shape index (κ1) is 18.1. The lowest BCUT2D eigenvalue weighted by molar-refractivity contribution is -0.132. The third-order valence-electron chi connectivity index (χ3n) is 4.37. The number of hydrogen-bond donors (Lipinski definition) is 0. The predicted octanol–water partition coefficient (Wildman–Crippen LogP) is 2.60. The normalized spacial score (nSPS) is 16.1. The van der Waals surface area contributed by atoms with Gasteiger partial charge in [0.05, 0.1) is 4.90 Å². The molecule has 0 radical (unpaired) electrons. The average molecular weight is 379 g/mol. The van der Waals surface area contributed by atoms with Crippen LogP contribution in [0.3, 0.4) is 0 Å². The molecule has 0 aliphatic carbocycles. The molecule has 1 fully saturated rings. The van der Waals surface area contributed by atoms with Gasteiger partial charge in [-0.15, -0.1) is 11.3 Å². The van der Waals surface area contributed by atoms with E-state index in [0.717, 1.165) is 12.8 Å². The second-order valence-corrected chi connectivity index (χ2v) is 9.00. The molecule has 1 aliphatic rings. The highest BCUT2D eigenvalue weighted by atomic mass is 32.2. The molecule has 1 aromatic carbocycles. The summed E-state index contributed by atoms with van der Waals surface area (Å²) in [7, 11) is -3.46. The lowest BCUT2D eigenvalue weighted by Crippen LogP contribution is -2.50. The number of rotatable bonds is 6. The molecule has 25 heavy (non-hydrogen) atoms. The maximum atomic E-state index is 12.6. The van der Waals surface area contributed by atoms with Crippen molar-refractivity contribution < 1.29 is 13.2 Å². The smallest absolute Gasteiger partial charge is 0.243 e. The largest absolute Gasteiger partial charge is 0.340 e. The Morgan fingerprint density at radius 2 is 1.72 bits per heavy atom. The highest BCUT2D eigenvalue weighted by Crippen LogP contribution is 2.18. The summed E-state index contributed by atoms with van der Waals surface area (Å²) in [6, 6.07) is 12.6. The summed E-state index contributed by atoms with van der Waals surface area (Å²) in [5.41, 5.74) is 0. The zero-order valence-corrected chi connectivity index (χ0v) is 15.6. The van der Waals surface area contributed by atoms with Gasteiger partial charge in [0, 0.05) is 37.5 Å². The summed E-state index contributed by atoms with van der Waals surface area (Å²) in [4.78, 5) is 15.7. The standard InChI is InChI=1S/C18H22N2O3S2/c21-18(10-4-6-16-7-5-15-24-16)19-11-13-20(14-12-19)25(22,23)17-8-2-1-3-9-17/h1-3,5,7-9,15H,4,6,10-14H2. The molecule has 2 aromatic rings. The monoisotopic (exact) mass is 378 g/mol. The van der Waals surface area contributed by atoms with E-state index in [9.17, 15) is 13.2 Å². The van der Waals surface area contributed by atoms with Gasteiger partial charge in [-0.05, 0) is 36.4 Å². The molecule has 1 aliphatic heterocycles. The van der Waals surface area contributed by atoms with E-state index >= 15 is 0 Å². The van der Waals surface area contributed by atoms with E-state index in [4.69, 9.17) is 0 Å². The summed E-state index contributed by atoms with van der Waals surface area (Å²) in [6.07, 6.45) is 2.27. The molecular formula is C18H22N2O3S2. The van der Waals surface area contributed by atoms with E-state index in [1.807, 2.05) is 11.4 Å². The van der Waals surface area contributed by atoms with E-state index in [1.54, 1.807) is 46.6 Å². The van der Waals surface area contributed by atoms with Gasteiger partial charge >= 0.3 is 0 Å². The van der Waals surface area contributed by atoms with Crippen molar-refractivity contribution in [2.45, 2.75) is 24.2 Å². The highest BCUT2D eigenvalue weighted by molar-refractivity contribution is 7.89. The number of carbonyl (C=O) groups excluding carboxylic acids is 1. The molecule has 0 N–H and O–H groups in total. The van der Waals surface area contributed by atoms with E-state index in [1.165, 1.54) is 9.18 Å². The lowest BCUT2D eigenvalue weighted by Gasteiger charge is -2.34. The Balaban J connectivity index is 1.49. The molecule has 0 bridgehead atoms. The Hall–Kier alpha value is -1.70. The van der Waals surface area contributed by atoms with Gasteiger partial charge in [0.2, 0.25) is 15.9 Å². The van der Waals surface area contributed by atoms with Crippen LogP contribution in [0.4, 0.5) is 0 Å². The zero-order chi connectivity index (χ0) is 17.7. The topological polar surface area (TPSA) is 57.7 Å². The van der Waals surface area contributed by atoms with Crippen molar-refractivity contribution in [3.8, 4) is 0 Å². The molecule has 0 saturated carbocycles. The quantitative estimate of drug-likeness (QED) is 0.776. The summed E-state index contributed by atoms with van der Waals surface area (Å²) in [5, 5.41) is 2.05. The molecular weight excluding hydrogens is 356 g/mol. The number of thiophene rings is 1. The fourth-order valence-corrected chi connectivity index (χ4v) is 5.14. The van der Waals surface area contributed by atoms with Crippen molar-refractivity contribution in [2.75, 3.05) is 26.2 Å². The van der Waals surface area contributed by atoms with Crippen LogP contribution in [0.1, 0.15) is 17.7 Å². The Labute approximate surface area is 152 Å². The molecule has 3 rings (SSSR count). The first-order chi connectivity index (χ1) is 12.1. The number of sulfonamides is 1. The predicted molar refractivity (Wildman–Crippen MR) is 99.0 cm³/mol. The number of carbonyl (C=O) groups is 1. The van der Waals surface area contributed by atoms with E-state index in [0.29, 0.717) is 37.5 Å². The Morgan fingerprint density at radius 3 is 2.36 bits per heavy atom. The molecule has 134 valence electrons. The minimum atomic E-state index is -3.46. The van der Waals surface area contributed by atoms with Crippen LogP contribution in [-0.4, -0.2) is 49.7 Å². The molecule has 0 unspecified atom stereocenters. The fourth-order valence-electron chi connectivity index (χ4n) is 2.95. The van der Waals surface area contributed by atoms with Crippen LogP contribution < -0.4 is 0 Å². The Morgan fingerprint density at radius 1 is 1.00 bits per heavy atom. The molecule has 0 spiro atoms. The molecule has 2 heterocycles. The van der Waals surface area contributed by atoms with Crippen LogP contribution in [0.2, 0.25) is 0 Å². The van der Waals surface area contributed by atoms with Crippen molar-refractivity contribution in [3.05, 3.63) is 52.7 Å². The SMILES string of the molecule is O=C(CCCc1cccs1)N1CCN(S(=O)(=O)c2ccccc2)CC1. The Bertz CT molecular complexity index is 781. The summed E-state index contributed by atoms with van der Waals surface area (Å²) >= 11 is 1.71.